The van der Waals surface area contributed by atoms with Gasteiger partial charge in [-0.05, 0) is 31.2 Å². The summed E-state index contributed by atoms with van der Waals surface area (Å²) in [5, 5.41) is 0. The van der Waals surface area contributed by atoms with Gasteiger partial charge in [0.15, 0.2) is 0 Å². The first-order valence-electron chi connectivity index (χ1n) is 10.3. The topological polar surface area (TPSA) is 52.4 Å². The molecule has 3 aromatic rings. The highest BCUT2D eigenvalue weighted by Gasteiger charge is 2.46. The first-order chi connectivity index (χ1) is 14.6. The molecule has 2 aliphatic rings. The molecule has 6 nitrogen and oxygen atoms in total. The van der Waals surface area contributed by atoms with Crippen LogP contribution < -0.4 is 9.47 Å². The third-order valence-electron chi connectivity index (χ3n) is 6.18. The second kappa shape index (κ2) is 7.72. The highest BCUT2D eigenvalue weighted by atomic mass is 19.1. The van der Waals surface area contributed by atoms with E-state index in [1.54, 1.807) is 12.1 Å². The van der Waals surface area contributed by atoms with Crippen molar-refractivity contribution in [1.29, 1.82) is 0 Å². The molecule has 156 valence electrons. The summed E-state index contributed by atoms with van der Waals surface area (Å²) >= 11 is 0. The van der Waals surface area contributed by atoms with Crippen LogP contribution in [0.25, 0.3) is 0 Å². The molecular formula is C23H25FN4O2. The molecular weight excluding hydrogens is 383 g/mol. The third kappa shape index (κ3) is 3.54. The van der Waals surface area contributed by atoms with Gasteiger partial charge in [-0.3, -0.25) is 4.90 Å². The van der Waals surface area contributed by atoms with Gasteiger partial charge < -0.3 is 14.0 Å². The molecule has 0 radical (unpaired) electrons. The number of ether oxygens (including phenoxy) is 2. The highest BCUT2D eigenvalue weighted by molar-refractivity contribution is 5.39. The lowest BCUT2D eigenvalue weighted by atomic mass is 9.85. The smallest absolute Gasteiger partial charge is 0.213 e. The average Bonchev–Trinajstić information content (AvgIpc) is 3.30. The van der Waals surface area contributed by atoms with Gasteiger partial charge in [-0.25, -0.2) is 14.4 Å². The standard InChI is InChI=1S/C23H25FN4O2/c1-15-4-3-5-22(26-15)30-12-16-10-28(11-18-9-25-14-27(18)2)23-19-8-17(24)6-7-21(19)29-13-20(16)23/h3-9,14,16,20,23H,10-13H2,1-2H3/t16-,20-,23-/m0/s1. The van der Waals surface area contributed by atoms with Crippen molar-refractivity contribution in [2.24, 2.45) is 18.9 Å². The maximum Gasteiger partial charge on any atom is 0.213 e. The number of pyridine rings is 1. The van der Waals surface area contributed by atoms with Crippen molar-refractivity contribution in [2.75, 3.05) is 19.8 Å². The lowest BCUT2D eigenvalue weighted by molar-refractivity contribution is 0.120. The number of halogens is 1. The number of aryl methyl sites for hydroxylation is 2. The van der Waals surface area contributed by atoms with Crippen molar-refractivity contribution < 1.29 is 13.9 Å². The summed E-state index contributed by atoms with van der Waals surface area (Å²) in [5.41, 5.74) is 2.98. The Morgan fingerprint density at radius 3 is 2.97 bits per heavy atom. The number of aromatic nitrogens is 3. The largest absolute Gasteiger partial charge is 0.493 e. The van der Waals surface area contributed by atoms with Crippen LogP contribution in [0, 0.1) is 24.6 Å². The molecule has 0 bridgehead atoms. The maximum atomic E-state index is 14.1. The molecule has 1 aromatic carbocycles. The average molecular weight is 408 g/mol. The van der Waals surface area contributed by atoms with Gasteiger partial charge in [0.05, 0.1) is 25.2 Å². The predicted molar refractivity (Wildman–Crippen MR) is 110 cm³/mol. The van der Waals surface area contributed by atoms with Gasteiger partial charge >= 0.3 is 0 Å². The SMILES string of the molecule is Cc1cccc(OC[C@@H]2CN(Cc3cncn3C)[C@H]3c4cc(F)ccc4OC[C@@H]23)n1. The van der Waals surface area contributed by atoms with E-state index in [9.17, 15) is 4.39 Å². The zero-order chi connectivity index (χ0) is 20.7. The second-order valence-electron chi connectivity index (χ2n) is 8.22. The monoisotopic (exact) mass is 408 g/mol. The van der Waals surface area contributed by atoms with Gasteiger partial charge in [0, 0.05) is 61.5 Å². The van der Waals surface area contributed by atoms with Gasteiger partial charge in [0.1, 0.15) is 11.6 Å². The summed E-state index contributed by atoms with van der Waals surface area (Å²) in [6, 6.07) is 10.7. The van der Waals surface area contributed by atoms with Crippen LogP contribution in [0.1, 0.15) is 23.0 Å². The first-order valence-corrected chi connectivity index (χ1v) is 10.3. The van der Waals surface area contributed by atoms with E-state index in [1.807, 2.05) is 49.3 Å². The summed E-state index contributed by atoms with van der Waals surface area (Å²) in [5.74, 6) is 1.65. The van der Waals surface area contributed by atoms with E-state index < -0.39 is 0 Å². The van der Waals surface area contributed by atoms with Crippen molar-refractivity contribution in [1.82, 2.24) is 19.4 Å². The van der Waals surface area contributed by atoms with Gasteiger partial charge in [-0.15, -0.1) is 0 Å². The van der Waals surface area contributed by atoms with Crippen LogP contribution in [-0.4, -0.2) is 39.2 Å². The molecule has 0 aliphatic carbocycles. The highest BCUT2D eigenvalue weighted by Crippen LogP contribution is 2.48. The quantitative estimate of drug-likeness (QED) is 0.647. The van der Waals surface area contributed by atoms with Crippen LogP contribution in [0.15, 0.2) is 48.9 Å². The van der Waals surface area contributed by atoms with Crippen LogP contribution in [-0.2, 0) is 13.6 Å². The molecule has 0 amide bonds. The number of hydrogen-bond acceptors (Lipinski definition) is 5. The van der Waals surface area contributed by atoms with E-state index >= 15 is 0 Å². The number of likely N-dealkylation sites (tertiary alicyclic amines) is 1. The third-order valence-corrected chi connectivity index (χ3v) is 6.18. The summed E-state index contributed by atoms with van der Waals surface area (Å²) in [4.78, 5) is 11.1. The van der Waals surface area contributed by atoms with E-state index in [0.717, 1.165) is 35.8 Å². The fourth-order valence-electron chi connectivity index (χ4n) is 4.68. The van der Waals surface area contributed by atoms with Crippen molar-refractivity contribution >= 4 is 0 Å². The molecule has 0 spiro atoms. The van der Waals surface area contributed by atoms with E-state index in [4.69, 9.17) is 9.47 Å². The van der Waals surface area contributed by atoms with Gasteiger partial charge in [0.25, 0.3) is 0 Å². The Hall–Kier alpha value is -2.93. The van der Waals surface area contributed by atoms with Crippen LogP contribution >= 0.6 is 0 Å². The molecule has 30 heavy (non-hydrogen) atoms. The number of imidazole rings is 1. The number of nitrogens with zero attached hydrogens (tertiary/aromatic N) is 4. The lowest BCUT2D eigenvalue weighted by Crippen LogP contribution is -2.32. The molecule has 1 saturated heterocycles. The van der Waals surface area contributed by atoms with Crippen LogP contribution in [0.5, 0.6) is 11.6 Å². The Balaban J connectivity index is 1.42. The Kier molecular flexibility index (Phi) is 4.90. The molecule has 0 N–H and O–H groups in total. The van der Waals surface area contributed by atoms with Gasteiger partial charge in [0.2, 0.25) is 5.88 Å². The van der Waals surface area contributed by atoms with Crippen LogP contribution in [0.2, 0.25) is 0 Å². The fourth-order valence-corrected chi connectivity index (χ4v) is 4.68. The summed E-state index contributed by atoms with van der Waals surface area (Å²) in [6.07, 6.45) is 3.70. The van der Waals surface area contributed by atoms with Crippen molar-refractivity contribution in [3.8, 4) is 11.6 Å². The molecule has 2 aromatic heterocycles. The van der Waals surface area contributed by atoms with Gasteiger partial charge in [-0.2, -0.15) is 0 Å². The summed E-state index contributed by atoms with van der Waals surface area (Å²) in [7, 11) is 2.00. The zero-order valence-corrected chi connectivity index (χ0v) is 17.2. The van der Waals surface area contributed by atoms with E-state index in [2.05, 4.69) is 14.9 Å². The van der Waals surface area contributed by atoms with Crippen molar-refractivity contribution in [3.63, 3.8) is 0 Å². The summed E-state index contributed by atoms with van der Waals surface area (Å²) in [6.45, 7) is 4.68. The maximum absolute atomic E-state index is 14.1. The Bertz CT molecular complexity index is 1050. The van der Waals surface area contributed by atoms with E-state index in [-0.39, 0.29) is 23.7 Å². The lowest BCUT2D eigenvalue weighted by Gasteiger charge is -2.34. The number of fused-ring (bicyclic) bond motifs is 3. The minimum Gasteiger partial charge on any atom is -0.493 e. The molecule has 0 saturated carbocycles. The molecule has 2 aliphatic heterocycles. The first kappa shape index (κ1) is 19.1. The van der Waals surface area contributed by atoms with Crippen LogP contribution in [0.3, 0.4) is 0 Å². The number of benzene rings is 1. The minimum absolute atomic E-state index is 0.0819. The van der Waals surface area contributed by atoms with Crippen molar-refractivity contribution in [3.05, 3.63) is 71.7 Å². The molecule has 4 heterocycles. The number of hydrogen-bond donors (Lipinski definition) is 0. The molecule has 3 atom stereocenters. The molecule has 1 fully saturated rings. The zero-order valence-electron chi connectivity index (χ0n) is 17.2. The van der Waals surface area contributed by atoms with E-state index in [0.29, 0.717) is 19.1 Å². The Morgan fingerprint density at radius 2 is 2.17 bits per heavy atom. The second-order valence-corrected chi connectivity index (χ2v) is 8.22. The number of rotatable bonds is 5. The molecule has 0 unspecified atom stereocenters. The van der Waals surface area contributed by atoms with E-state index in [1.165, 1.54) is 6.07 Å². The molecule has 5 rings (SSSR count). The molecule has 7 heteroatoms. The predicted octanol–water partition coefficient (Wildman–Crippen LogP) is 3.52. The minimum atomic E-state index is -0.234. The Labute approximate surface area is 175 Å². The Morgan fingerprint density at radius 1 is 1.27 bits per heavy atom. The van der Waals surface area contributed by atoms with Gasteiger partial charge in [-0.1, -0.05) is 6.07 Å². The normalized spacial score (nSPS) is 23.0. The fraction of sp³-hybridized carbons (Fsp3) is 0.391. The van der Waals surface area contributed by atoms with Crippen LogP contribution in [0.4, 0.5) is 4.39 Å². The van der Waals surface area contributed by atoms with Crippen molar-refractivity contribution in [2.45, 2.75) is 19.5 Å². The summed E-state index contributed by atoms with van der Waals surface area (Å²) < 4.78 is 28.2.